The van der Waals surface area contributed by atoms with Gasteiger partial charge in [0.05, 0.1) is 0 Å². The molecule has 0 amide bonds. The van der Waals surface area contributed by atoms with Crippen LogP contribution in [0.1, 0.15) is 125 Å². The number of carbonyl (C=O) groups is 1. The van der Waals surface area contributed by atoms with Crippen LogP contribution in [0.15, 0.2) is 24.7 Å². The molecule has 3 rings (SSSR count). The van der Waals surface area contributed by atoms with Gasteiger partial charge < -0.3 is 0 Å². The summed E-state index contributed by atoms with van der Waals surface area (Å²) in [6, 6.07) is 0. The zero-order valence-corrected chi connectivity index (χ0v) is 33.4. The molecule has 0 spiro atoms. The molecule has 3 heterocycles. The molecule has 0 aliphatic carbocycles. The van der Waals surface area contributed by atoms with Gasteiger partial charge >= 0.3 is 234 Å². The van der Waals surface area contributed by atoms with Crippen LogP contribution in [0.3, 0.4) is 0 Å². The van der Waals surface area contributed by atoms with Crippen molar-refractivity contribution in [2.24, 2.45) is 10.7 Å². The van der Waals surface area contributed by atoms with Crippen LogP contribution in [0.5, 0.6) is 0 Å². The van der Waals surface area contributed by atoms with Crippen LogP contribution in [0.4, 0.5) is 0 Å². The number of rotatable bonds is 22. The fourth-order valence-corrected chi connectivity index (χ4v) is 9.95. The SMILES string of the molecule is CCCCCCCCCCCCSSCCO[C@H]1C(/C=[N+]2\C=C[I-]C3=C2/N=C(/N)CCCCC3=O)O[C@H](COC(C)C)[C@H]1OC(C)C. The van der Waals surface area contributed by atoms with E-state index in [1.54, 1.807) is 0 Å². The second kappa shape index (κ2) is 23.9. The molecule has 0 saturated carbocycles. The van der Waals surface area contributed by atoms with Gasteiger partial charge in [-0.15, -0.1) is 0 Å². The number of unbranched alkanes of at least 4 members (excludes halogenated alkanes) is 9. The zero-order valence-electron chi connectivity index (χ0n) is 29.6. The Morgan fingerprint density at radius 1 is 0.979 bits per heavy atom. The Bertz CT molecular complexity index is 1050. The van der Waals surface area contributed by atoms with Crippen LogP contribution < -0.4 is 26.9 Å². The predicted octanol–water partition coefficient (Wildman–Crippen LogP) is 4.99. The van der Waals surface area contributed by atoms with E-state index in [1.807, 2.05) is 66.3 Å². The summed E-state index contributed by atoms with van der Waals surface area (Å²) in [6.07, 6.45) is 19.4. The molecule has 47 heavy (non-hydrogen) atoms. The second-order valence-corrected chi connectivity index (χ2v) is 18.3. The Balaban J connectivity index is 1.60. The first kappa shape index (κ1) is 41.0. The van der Waals surface area contributed by atoms with Crippen molar-refractivity contribution in [1.29, 1.82) is 0 Å². The van der Waals surface area contributed by atoms with Crippen molar-refractivity contribution >= 4 is 39.4 Å². The summed E-state index contributed by atoms with van der Waals surface area (Å²) in [4.78, 5) is 17.9. The number of nitrogens with two attached hydrogens (primary N) is 1. The molecule has 0 bridgehead atoms. The van der Waals surface area contributed by atoms with Crippen molar-refractivity contribution in [1.82, 2.24) is 0 Å². The van der Waals surface area contributed by atoms with Crippen molar-refractivity contribution in [3.8, 4) is 0 Å². The van der Waals surface area contributed by atoms with E-state index >= 15 is 0 Å². The van der Waals surface area contributed by atoms with Gasteiger partial charge in [0.2, 0.25) is 0 Å². The summed E-state index contributed by atoms with van der Waals surface area (Å²) in [5, 5.41) is 0. The molecule has 270 valence electrons. The number of allylic oxidation sites excluding steroid dienone is 1. The van der Waals surface area contributed by atoms with Gasteiger partial charge in [-0.2, -0.15) is 0 Å². The van der Waals surface area contributed by atoms with Gasteiger partial charge in [-0.25, -0.2) is 0 Å². The van der Waals surface area contributed by atoms with Gasteiger partial charge in [0.1, 0.15) is 0 Å². The van der Waals surface area contributed by atoms with Crippen LogP contribution in [-0.4, -0.2) is 83.8 Å². The Hall–Kier alpha value is -0.440. The number of carbonyl (C=O) groups excluding carboxylic acids is 1. The minimum atomic E-state index is -0.573. The van der Waals surface area contributed by atoms with Crippen LogP contribution >= 0.6 is 21.6 Å². The number of halogens is 1. The molecule has 1 fully saturated rings. The standard InChI is InChI=1S/C36H62IN3O5S2/c1-6-7-8-9-10-11-12-13-14-17-23-46-47-24-22-42-34-30(45-31(26-43-27(2)3)35(34)44-28(4)5)25-40-21-20-37-33-29(41)18-15-16-19-32(38)39-36(33)40/h20-21,25,27-28,30-31,34-35H,6-19,22-24,26H2,1-5H3,(H2,38,39)/b40-25+/t30?,31-,34+,35-/m1/s1. The molecule has 2 N–H and O–H groups in total. The first-order valence-corrected chi connectivity index (χ1v) is 22.9. The molecule has 4 atom stereocenters. The van der Waals surface area contributed by atoms with Crippen molar-refractivity contribution in [3.63, 3.8) is 0 Å². The predicted molar refractivity (Wildman–Crippen MR) is 194 cm³/mol. The average Bonchev–Trinajstić information content (AvgIpc) is 3.37. The number of ketones is 1. The van der Waals surface area contributed by atoms with Gasteiger partial charge in [-0.05, 0) is 6.42 Å². The second-order valence-electron chi connectivity index (χ2n) is 13.1. The number of amidine groups is 1. The van der Waals surface area contributed by atoms with Gasteiger partial charge in [-0.3, -0.25) is 0 Å². The van der Waals surface area contributed by atoms with Crippen LogP contribution in [0, 0.1) is 0 Å². The van der Waals surface area contributed by atoms with E-state index in [-0.39, 0.29) is 36.3 Å². The van der Waals surface area contributed by atoms with Crippen molar-refractivity contribution < 1.29 is 49.5 Å². The summed E-state index contributed by atoms with van der Waals surface area (Å²) in [5.74, 6) is 3.48. The zero-order chi connectivity index (χ0) is 33.9. The molecule has 8 nitrogen and oxygen atoms in total. The third-order valence-corrected chi connectivity index (χ3v) is 13.1. The van der Waals surface area contributed by atoms with Gasteiger partial charge in [-0.1, -0.05) is 64.7 Å². The maximum atomic E-state index is 13.1. The Morgan fingerprint density at radius 3 is 2.36 bits per heavy atom. The Kier molecular flexibility index (Phi) is 20.8. The maximum absolute atomic E-state index is 13.1. The number of nitrogens with zero attached hydrogens (tertiary/aromatic N) is 2. The summed E-state index contributed by atoms with van der Waals surface area (Å²) >= 11 is -0.573. The van der Waals surface area contributed by atoms with E-state index in [2.05, 4.69) is 11.0 Å². The van der Waals surface area contributed by atoms with E-state index in [9.17, 15) is 4.79 Å². The summed E-state index contributed by atoms with van der Waals surface area (Å²) < 4.78 is 30.6. The van der Waals surface area contributed by atoms with E-state index in [0.29, 0.717) is 37.7 Å². The Morgan fingerprint density at radius 2 is 1.66 bits per heavy atom. The van der Waals surface area contributed by atoms with Crippen molar-refractivity contribution in [2.75, 3.05) is 24.7 Å². The Labute approximate surface area is 303 Å². The number of aliphatic imine (C=N–C) groups is 1. The van der Waals surface area contributed by atoms with Crippen molar-refractivity contribution in [3.05, 3.63) is 19.7 Å². The summed E-state index contributed by atoms with van der Waals surface area (Å²) in [5.41, 5.74) is 6.32. The van der Waals surface area contributed by atoms with Gasteiger partial charge in [0.15, 0.2) is 0 Å². The topological polar surface area (TPSA) is 95.4 Å². The molecule has 0 aromatic heterocycles. The van der Waals surface area contributed by atoms with E-state index < -0.39 is 27.3 Å². The quantitative estimate of drug-likeness (QED) is 0.0709. The molecule has 0 aromatic rings. The van der Waals surface area contributed by atoms with E-state index in [1.165, 1.54) is 70.0 Å². The third-order valence-electron chi connectivity index (χ3n) is 8.23. The normalized spacial score (nSPS) is 25.9. The third kappa shape index (κ3) is 15.6. The van der Waals surface area contributed by atoms with Gasteiger partial charge in [0, 0.05) is 0 Å². The first-order valence-electron chi connectivity index (χ1n) is 18.1. The van der Waals surface area contributed by atoms with Crippen LogP contribution in [0.2, 0.25) is 0 Å². The molecular weight excluding hydrogens is 745 g/mol. The molecule has 3 aliphatic heterocycles. The molecule has 3 aliphatic rings. The summed E-state index contributed by atoms with van der Waals surface area (Å²) in [7, 11) is 3.84. The molecule has 11 heteroatoms. The van der Waals surface area contributed by atoms with Gasteiger partial charge in [0.25, 0.3) is 0 Å². The molecule has 1 unspecified atom stereocenters. The fraction of sp³-hybridized carbons (Fsp3) is 0.806. The number of Topliss-reactive ketones (excluding diaryl/α,β-unsaturated/α-hetero) is 1. The minimum absolute atomic E-state index is 0.00584. The number of hydrogen-bond donors (Lipinski definition) is 1. The first-order chi connectivity index (χ1) is 22.8. The molecule has 0 radical (unpaired) electrons. The molecular formula is C36H62IN3O5S2. The average molecular weight is 808 g/mol. The van der Waals surface area contributed by atoms with E-state index in [0.717, 1.165) is 22.2 Å². The summed E-state index contributed by atoms with van der Waals surface area (Å²) in [6.45, 7) is 11.4. The number of hydrogen-bond acceptors (Lipinski definition) is 9. The molecule has 0 aromatic carbocycles. The molecule has 1 saturated heterocycles. The van der Waals surface area contributed by atoms with Crippen molar-refractivity contribution in [2.45, 2.75) is 161 Å². The van der Waals surface area contributed by atoms with Crippen LogP contribution in [-0.2, 0) is 23.7 Å². The number of ether oxygens (including phenoxy) is 4. The van der Waals surface area contributed by atoms with Crippen LogP contribution in [0.25, 0.3) is 0 Å². The fourth-order valence-electron chi connectivity index (χ4n) is 5.80. The monoisotopic (exact) mass is 807 g/mol. The van der Waals surface area contributed by atoms with E-state index in [4.69, 9.17) is 29.7 Å².